The third-order valence-corrected chi connectivity index (χ3v) is 13.5. The van der Waals surface area contributed by atoms with Crippen LogP contribution in [0.25, 0.3) is 22.3 Å². The fourth-order valence-corrected chi connectivity index (χ4v) is 10.0. The predicted octanol–water partition coefficient (Wildman–Crippen LogP) is 15.4. The van der Waals surface area contributed by atoms with E-state index in [1.54, 1.807) is 0 Å². The predicted molar refractivity (Wildman–Crippen MR) is 245 cm³/mol. The highest BCUT2D eigenvalue weighted by Crippen LogP contribution is 2.66. The molecule has 0 spiro atoms. The molecule has 8 rings (SSSR count). The van der Waals surface area contributed by atoms with Crippen LogP contribution in [0.4, 0.5) is 0 Å². The lowest BCUT2D eigenvalue weighted by Crippen LogP contribution is -2.41. The molecule has 0 unspecified atom stereocenters. The van der Waals surface area contributed by atoms with Crippen LogP contribution in [0.3, 0.4) is 0 Å². The van der Waals surface area contributed by atoms with Crippen LogP contribution in [-0.2, 0) is 27.1 Å². The van der Waals surface area contributed by atoms with Crippen LogP contribution in [0.1, 0.15) is 162 Å². The van der Waals surface area contributed by atoms with Crippen LogP contribution in [0, 0.1) is 13.8 Å². The highest BCUT2D eigenvalue weighted by atomic mass is 14.6. The average molecular weight is 749 g/mol. The van der Waals surface area contributed by atoms with Crippen LogP contribution < -0.4 is 0 Å². The molecule has 0 aromatic heterocycles. The molecule has 0 saturated carbocycles. The summed E-state index contributed by atoms with van der Waals surface area (Å²) in [6.07, 6.45) is 0. The zero-order valence-corrected chi connectivity index (χ0v) is 37.2. The molecule has 0 bridgehead atoms. The van der Waals surface area contributed by atoms with Crippen molar-refractivity contribution in [2.45, 2.75) is 136 Å². The van der Waals surface area contributed by atoms with E-state index in [1.165, 1.54) is 89.0 Å². The molecule has 0 fully saturated rings. The van der Waals surface area contributed by atoms with Crippen LogP contribution in [0.15, 0.2) is 121 Å². The second kappa shape index (κ2) is 13.2. The van der Waals surface area contributed by atoms with Gasteiger partial charge in [0.05, 0.1) is 0 Å². The molecular weight excluding hydrogens is 685 g/mol. The lowest BCUT2D eigenvalue weighted by Gasteiger charge is -2.47. The summed E-state index contributed by atoms with van der Waals surface area (Å²) in [6, 6.07) is 49.1. The normalized spacial score (nSPS) is 14.7. The molecule has 2 aliphatic carbocycles. The van der Waals surface area contributed by atoms with Gasteiger partial charge in [0.25, 0.3) is 0 Å². The molecule has 0 saturated heterocycles. The molecule has 0 atom stereocenters. The minimum Gasteiger partial charge on any atom is -0.0590 e. The van der Waals surface area contributed by atoms with E-state index in [0.29, 0.717) is 0 Å². The highest BCUT2D eigenvalue weighted by Gasteiger charge is 2.56. The van der Waals surface area contributed by atoms with Gasteiger partial charge >= 0.3 is 0 Å². The van der Waals surface area contributed by atoms with E-state index in [4.69, 9.17) is 0 Å². The molecule has 6 aromatic rings. The fourth-order valence-electron chi connectivity index (χ4n) is 10.0. The summed E-state index contributed by atoms with van der Waals surface area (Å²) in [7, 11) is 0. The number of hydrogen-bond acceptors (Lipinski definition) is 0. The van der Waals surface area contributed by atoms with Crippen molar-refractivity contribution in [3.05, 3.63) is 188 Å². The first kappa shape index (κ1) is 39.2. The van der Waals surface area contributed by atoms with Crippen molar-refractivity contribution in [1.29, 1.82) is 0 Å². The molecule has 0 heterocycles. The largest absolute Gasteiger partial charge is 0.0590 e. The zero-order chi connectivity index (χ0) is 41.0. The number of benzene rings is 6. The maximum atomic E-state index is 2.60. The SMILES string of the molecule is Cc1ccc(C(c2ccc(C)cc2)(C2c3cc(C(C)(C)C)ccc3-c3ccc(C(C)(C)C)cc32)C2c3cc(C(C)(C)C)ccc3-c3ccc(C(C)(C)C)cc32)cc1. The third-order valence-electron chi connectivity index (χ3n) is 13.5. The molecule has 0 N–H and O–H groups in total. The first-order valence-electron chi connectivity index (χ1n) is 21.3. The third kappa shape index (κ3) is 6.43. The Morgan fingerprint density at radius 1 is 0.281 bits per heavy atom. The van der Waals surface area contributed by atoms with Gasteiger partial charge in [-0.15, -0.1) is 0 Å². The number of fused-ring (bicyclic) bond motifs is 6. The summed E-state index contributed by atoms with van der Waals surface area (Å²) in [5, 5.41) is 0. The van der Waals surface area contributed by atoms with Gasteiger partial charge in [0.15, 0.2) is 0 Å². The summed E-state index contributed by atoms with van der Waals surface area (Å²) < 4.78 is 0. The van der Waals surface area contributed by atoms with Gasteiger partial charge in [0.2, 0.25) is 0 Å². The minimum absolute atomic E-state index is 0.00290. The van der Waals surface area contributed by atoms with Crippen molar-refractivity contribution in [3.8, 4) is 22.3 Å². The van der Waals surface area contributed by atoms with Crippen molar-refractivity contribution >= 4 is 0 Å². The quantitative estimate of drug-likeness (QED) is 0.168. The van der Waals surface area contributed by atoms with Crippen LogP contribution in [-0.4, -0.2) is 0 Å². The fraction of sp³-hybridized carbons (Fsp3) is 0.368. The number of rotatable bonds is 4. The Labute approximate surface area is 344 Å². The first-order chi connectivity index (χ1) is 26.6. The Bertz CT molecular complexity index is 2190. The van der Waals surface area contributed by atoms with Crippen LogP contribution in [0.2, 0.25) is 0 Å². The summed E-state index contributed by atoms with van der Waals surface area (Å²) >= 11 is 0. The van der Waals surface area contributed by atoms with Crippen LogP contribution in [0.5, 0.6) is 0 Å². The Balaban J connectivity index is 1.62. The zero-order valence-electron chi connectivity index (χ0n) is 37.2. The molecule has 57 heavy (non-hydrogen) atoms. The molecule has 0 heteroatoms. The number of hydrogen-bond donors (Lipinski definition) is 0. The Kier molecular flexibility index (Phi) is 9.05. The Morgan fingerprint density at radius 3 is 0.702 bits per heavy atom. The van der Waals surface area contributed by atoms with E-state index in [9.17, 15) is 0 Å². The van der Waals surface area contributed by atoms with Crippen LogP contribution >= 0.6 is 0 Å². The monoisotopic (exact) mass is 749 g/mol. The lowest BCUT2D eigenvalue weighted by molar-refractivity contribution is 0.408. The molecule has 0 nitrogen and oxygen atoms in total. The van der Waals surface area contributed by atoms with Crippen molar-refractivity contribution in [2.24, 2.45) is 0 Å². The van der Waals surface area contributed by atoms with Gasteiger partial charge in [-0.2, -0.15) is 0 Å². The van der Waals surface area contributed by atoms with E-state index in [-0.39, 0.29) is 33.5 Å². The molecule has 0 amide bonds. The van der Waals surface area contributed by atoms with Gasteiger partial charge in [-0.1, -0.05) is 216 Å². The second-order valence-electron chi connectivity index (χ2n) is 21.7. The average Bonchev–Trinajstić information content (AvgIpc) is 3.64. The molecule has 2 aliphatic rings. The summed E-state index contributed by atoms with van der Waals surface area (Å²) in [5.74, 6) is 0.0517. The summed E-state index contributed by atoms with van der Waals surface area (Å²) in [6.45, 7) is 32.8. The minimum atomic E-state index is -0.526. The highest BCUT2D eigenvalue weighted by molar-refractivity contribution is 5.86. The van der Waals surface area contributed by atoms with E-state index in [1.807, 2.05) is 0 Å². The number of aryl methyl sites for hydroxylation is 2. The smallest absolute Gasteiger partial charge is 0.0421 e. The Hall–Kier alpha value is -4.68. The standard InChI is InChI=1S/C57H64/c1-35-15-19-37(20-16-35)57(38-21-17-36(2)18-22-38,51-47-31-39(53(3,4)5)23-27-43(47)44-28-24-40(32-48(44)51)54(6,7)8)52-49-33-41(55(9,10)11)25-29-45(49)46-30-26-42(34-50(46)52)56(12,13)14/h15-34,51-52H,1-14H3. The summed E-state index contributed by atoms with van der Waals surface area (Å²) in [5.41, 5.74) is 21.6. The lowest BCUT2D eigenvalue weighted by atomic mass is 9.54. The van der Waals surface area contributed by atoms with Crippen molar-refractivity contribution in [1.82, 2.24) is 0 Å². The summed E-state index contributed by atoms with van der Waals surface area (Å²) in [4.78, 5) is 0. The molecule has 0 radical (unpaired) electrons. The molecule has 292 valence electrons. The van der Waals surface area contributed by atoms with Crippen molar-refractivity contribution < 1.29 is 0 Å². The Morgan fingerprint density at radius 2 is 0.491 bits per heavy atom. The van der Waals surface area contributed by atoms with Crippen molar-refractivity contribution in [2.75, 3.05) is 0 Å². The first-order valence-corrected chi connectivity index (χ1v) is 21.3. The van der Waals surface area contributed by atoms with Gasteiger partial charge < -0.3 is 0 Å². The van der Waals surface area contributed by atoms with E-state index < -0.39 is 5.41 Å². The van der Waals surface area contributed by atoms with Gasteiger partial charge in [0.1, 0.15) is 0 Å². The molecular formula is C57H64. The molecule has 0 aliphatic heterocycles. The van der Waals surface area contributed by atoms with Gasteiger partial charge in [0, 0.05) is 17.3 Å². The maximum Gasteiger partial charge on any atom is 0.0421 e. The van der Waals surface area contributed by atoms with Gasteiger partial charge in [-0.05, 0) is 113 Å². The van der Waals surface area contributed by atoms with Crippen molar-refractivity contribution in [3.63, 3.8) is 0 Å². The van der Waals surface area contributed by atoms with E-state index in [0.717, 1.165) is 0 Å². The molecule has 6 aromatic carbocycles. The topological polar surface area (TPSA) is 0 Å². The van der Waals surface area contributed by atoms with Gasteiger partial charge in [-0.25, -0.2) is 0 Å². The van der Waals surface area contributed by atoms with E-state index in [2.05, 4.69) is 218 Å². The van der Waals surface area contributed by atoms with E-state index >= 15 is 0 Å². The maximum absolute atomic E-state index is 2.60. The second-order valence-corrected chi connectivity index (χ2v) is 21.7. The van der Waals surface area contributed by atoms with Gasteiger partial charge in [-0.3, -0.25) is 0 Å².